The Bertz CT molecular complexity index is 388. The molecule has 0 aliphatic heterocycles. The molecule has 94 valence electrons. The van der Waals surface area contributed by atoms with Crippen LogP contribution in [0, 0.1) is 5.92 Å². The summed E-state index contributed by atoms with van der Waals surface area (Å²) in [5.74, 6) is 0.0886. The van der Waals surface area contributed by atoms with Crippen molar-refractivity contribution in [3.8, 4) is 5.75 Å². The van der Waals surface area contributed by atoms with E-state index in [1.807, 2.05) is 0 Å². The third-order valence-electron chi connectivity index (χ3n) is 2.37. The van der Waals surface area contributed by atoms with Gasteiger partial charge in [0, 0.05) is 0 Å². The van der Waals surface area contributed by atoms with E-state index in [1.165, 1.54) is 0 Å². The first-order chi connectivity index (χ1) is 8.02. The minimum absolute atomic E-state index is 0.198. The first-order valence-corrected chi connectivity index (χ1v) is 6.46. The number of rotatable bonds is 6. The fraction of sp³-hybridized carbons (Fsp3) is 0.462. The lowest BCUT2D eigenvalue weighted by Gasteiger charge is -2.11. The molecule has 0 fully saturated rings. The van der Waals surface area contributed by atoms with E-state index in [1.54, 1.807) is 18.2 Å². The van der Waals surface area contributed by atoms with Gasteiger partial charge in [-0.2, -0.15) is 0 Å². The number of aromatic carboxylic acids is 1. The number of benzene rings is 1. The van der Waals surface area contributed by atoms with Gasteiger partial charge in [0.1, 0.15) is 11.3 Å². The maximum atomic E-state index is 11.0. The van der Waals surface area contributed by atoms with Crippen LogP contribution < -0.4 is 4.74 Å². The Kier molecular flexibility index (Phi) is 5.48. The summed E-state index contributed by atoms with van der Waals surface area (Å²) >= 11 is 3.31. The Morgan fingerprint density at radius 3 is 2.76 bits per heavy atom. The zero-order valence-corrected chi connectivity index (χ0v) is 11.7. The highest BCUT2D eigenvalue weighted by Gasteiger charge is 2.13. The molecule has 0 heterocycles. The predicted octanol–water partition coefficient (Wildman–Crippen LogP) is 3.96. The zero-order valence-electron chi connectivity index (χ0n) is 10.1. The van der Waals surface area contributed by atoms with E-state index in [4.69, 9.17) is 9.84 Å². The lowest BCUT2D eigenvalue weighted by atomic mass is 10.1. The minimum Gasteiger partial charge on any atom is -0.491 e. The van der Waals surface area contributed by atoms with E-state index >= 15 is 0 Å². The molecule has 1 N–H and O–H groups in total. The Labute approximate surface area is 110 Å². The Morgan fingerprint density at radius 1 is 1.47 bits per heavy atom. The van der Waals surface area contributed by atoms with Crippen molar-refractivity contribution in [1.29, 1.82) is 0 Å². The van der Waals surface area contributed by atoms with Crippen molar-refractivity contribution in [3.05, 3.63) is 28.2 Å². The molecule has 0 atom stereocenters. The fourth-order valence-electron chi connectivity index (χ4n) is 1.49. The fourth-order valence-corrected chi connectivity index (χ4v) is 1.97. The quantitative estimate of drug-likeness (QED) is 0.809. The molecule has 0 spiro atoms. The van der Waals surface area contributed by atoms with Crippen molar-refractivity contribution in [2.45, 2.75) is 26.7 Å². The van der Waals surface area contributed by atoms with Crippen LogP contribution in [0.15, 0.2) is 22.7 Å². The number of halogens is 1. The van der Waals surface area contributed by atoms with E-state index in [0.29, 0.717) is 22.7 Å². The summed E-state index contributed by atoms with van der Waals surface area (Å²) in [5, 5.41) is 9.03. The van der Waals surface area contributed by atoms with E-state index in [2.05, 4.69) is 29.8 Å². The lowest BCUT2D eigenvalue weighted by Crippen LogP contribution is -2.05. The molecule has 1 aromatic rings. The van der Waals surface area contributed by atoms with E-state index in [0.717, 1.165) is 12.8 Å². The summed E-state index contributed by atoms with van der Waals surface area (Å²) in [6.45, 7) is 4.85. The molecule has 0 unspecified atom stereocenters. The zero-order chi connectivity index (χ0) is 12.8. The second-order valence-electron chi connectivity index (χ2n) is 4.31. The molecule has 0 bridgehead atoms. The second kappa shape index (κ2) is 6.64. The third-order valence-corrected chi connectivity index (χ3v) is 2.99. The monoisotopic (exact) mass is 300 g/mol. The lowest BCUT2D eigenvalue weighted by molar-refractivity contribution is 0.0692. The van der Waals surface area contributed by atoms with Crippen LogP contribution in [0.2, 0.25) is 0 Å². The van der Waals surface area contributed by atoms with Crippen molar-refractivity contribution >= 4 is 21.9 Å². The van der Waals surface area contributed by atoms with Gasteiger partial charge in [-0.1, -0.05) is 19.9 Å². The number of ether oxygens (including phenoxy) is 1. The van der Waals surface area contributed by atoms with Crippen LogP contribution in [-0.4, -0.2) is 17.7 Å². The van der Waals surface area contributed by atoms with E-state index in [-0.39, 0.29) is 5.56 Å². The van der Waals surface area contributed by atoms with Crippen molar-refractivity contribution < 1.29 is 14.6 Å². The first kappa shape index (κ1) is 14.0. The Hall–Kier alpha value is -1.03. The summed E-state index contributed by atoms with van der Waals surface area (Å²) in [4.78, 5) is 11.0. The SMILES string of the molecule is CC(C)CCCOc1c(Br)cccc1C(=O)O. The summed E-state index contributed by atoms with van der Waals surface area (Å²) < 4.78 is 6.23. The van der Waals surface area contributed by atoms with Gasteiger partial charge in [-0.25, -0.2) is 4.79 Å². The highest BCUT2D eigenvalue weighted by molar-refractivity contribution is 9.10. The molecule has 0 radical (unpaired) electrons. The molecule has 0 amide bonds. The van der Waals surface area contributed by atoms with Crippen LogP contribution >= 0.6 is 15.9 Å². The summed E-state index contributed by atoms with van der Waals surface area (Å²) in [6, 6.07) is 5.02. The summed E-state index contributed by atoms with van der Waals surface area (Å²) in [5.41, 5.74) is 0.198. The van der Waals surface area contributed by atoms with Gasteiger partial charge < -0.3 is 9.84 Å². The van der Waals surface area contributed by atoms with Crippen LogP contribution in [0.4, 0.5) is 0 Å². The maximum Gasteiger partial charge on any atom is 0.339 e. The van der Waals surface area contributed by atoms with Gasteiger partial charge in [0.05, 0.1) is 11.1 Å². The first-order valence-electron chi connectivity index (χ1n) is 5.67. The molecule has 0 aliphatic carbocycles. The van der Waals surface area contributed by atoms with Crippen molar-refractivity contribution in [2.75, 3.05) is 6.61 Å². The average molecular weight is 301 g/mol. The van der Waals surface area contributed by atoms with Crippen LogP contribution in [0.5, 0.6) is 5.75 Å². The molecule has 1 aromatic carbocycles. The van der Waals surface area contributed by atoms with Gasteiger partial charge >= 0.3 is 5.97 Å². The Morgan fingerprint density at radius 2 is 2.18 bits per heavy atom. The third kappa shape index (κ3) is 4.38. The van der Waals surface area contributed by atoms with Gasteiger partial charge in [0.25, 0.3) is 0 Å². The van der Waals surface area contributed by atoms with Gasteiger partial charge in [0.15, 0.2) is 0 Å². The van der Waals surface area contributed by atoms with Crippen LogP contribution in [-0.2, 0) is 0 Å². The van der Waals surface area contributed by atoms with E-state index in [9.17, 15) is 4.79 Å². The van der Waals surface area contributed by atoms with Crippen molar-refractivity contribution in [3.63, 3.8) is 0 Å². The summed E-state index contributed by atoms with van der Waals surface area (Å²) in [6.07, 6.45) is 2.00. The molecule has 0 saturated heterocycles. The van der Waals surface area contributed by atoms with Gasteiger partial charge in [-0.15, -0.1) is 0 Å². The second-order valence-corrected chi connectivity index (χ2v) is 5.16. The van der Waals surface area contributed by atoms with Gasteiger partial charge in [0.2, 0.25) is 0 Å². The predicted molar refractivity (Wildman–Crippen MR) is 70.7 cm³/mol. The van der Waals surface area contributed by atoms with E-state index < -0.39 is 5.97 Å². The highest BCUT2D eigenvalue weighted by Crippen LogP contribution is 2.29. The molecule has 0 saturated carbocycles. The molecule has 4 heteroatoms. The minimum atomic E-state index is -0.967. The number of para-hydroxylation sites is 1. The largest absolute Gasteiger partial charge is 0.491 e. The van der Waals surface area contributed by atoms with Crippen LogP contribution in [0.3, 0.4) is 0 Å². The topological polar surface area (TPSA) is 46.5 Å². The molecular formula is C13H17BrO3. The van der Waals surface area contributed by atoms with Crippen LogP contribution in [0.1, 0.15) is 37.0 Å². The number of carboxylic acid groups (broad SMARTS) is 1. The van der Waals surface area contributed by atoms with Gasteiger partial charge in [-0.05, 0) is 46.8 Å². The molecule has 0 aliphatic rings. The molecule has 3 nitrogen and oxygen atoms in total. The van der Waals surface area contributed by atoms with Crippen LogP contribution in [0.25, 0.3) is 0 Å². The number of hydrogen-bond donors (Lipinski definition) is 1. The van der Waals surface area contributed by atoms with Crippen molar-refractivity contribution in [1.82, 2.24) is 0 Å². The maximum absolute atomic E-state index is 11.0. The summed E-state index contributed by atoms with van der Waals surface area (Å²) in [7, 11) is 0. The number of carbonyl (C=O) groups is 1. The standard InChI is InChI=1S/C13H17BrO3/c1-9(2)5-4-8-17-12-10(13(15)16)6-3-7-11(12)14/h3,6-7,9H,4-5,8H2,1-2H3,(H,15,16). The van der Waals surface area contributed by atoms with Crippen molar-refractivity contribution in [2.24, 2.45) is 5.92 Å². The number of carboxylic acids is 1. The molecule has 0 aromatic heterocycles. The average Bonchev–Trinajstić information content (AvgIpc) is 2.25. The smallest absolute Gasteiger partial charge is 0.339 e. The normalized spacial score (nSPS) is 10.6. The molecule has 17 heavy (non-hydrogen) atoms. The number of hydrogen-bond acceptors (Lipinski definition) is 2. The highest BCUT2D eigenvalue weighted by atomic mass is 79.9. The Balaban J connectivity index is 2.66. The van der Waals surface area contributed by atoms with Gasteiger partial charge in [-0.3, -0.25) is 0 Å². The molecular weight excluding hydrogens is 284 g/mol. The molecule has 1 rings (SSSR count).